The summed E-state index contributed by atoms with van der Waals surface area (Å²) >= 11 is 0. The fraction of sp³-hybridized carbons (Fsp3) is 0.500. The zero-order valence-corrected chi connectivity index (χ0v) is 14.0. The van der Waals surface area contributed by atoms with Crippen LogP contribution in [0.25, 0.3) is 5.69 Å². The lowest BCUT2D eigenvalue weighted by Gasteiger charge is -2.31. The summed E-state index contributed by atoms with van der Waals surface area (Å²) in [6, 6.07) is 10.1. The first-order valence-electron chi connectivity index (χ1n) is 8.35. The molecule has 5 heteroatoms. The first-order valence-corrected chi connectivity index (χ1v) is 8.35. The summed E-state index contributed by atoms with van der Waals surface area (Å²) in [6.07, 6.45) is 4.41. The zero-order valence-electron chi connectivity index (χ0n) is 14.0. The van der Waals surface area contributed by atoms with E-state index in [4.69, 9.17) is 4.74 Å². The third kappa shape index (κ3) is 3.74. The van der Waals surface area contributed by atoms with Crippen LogP contribution in [0.3, 0.4) is 0 Å². The summed E-state index contributed by atoms with van der Waals surface area (Å²) in [5.74, 6) is 1.67. The molecule has 1 aromatic carbocycles. The second kappa shape index (κ2) is 7.62. The van der Waals surface area contributed by atoms with E-state index in [1.165, 1.54) is 18.5 Å². The highest BCUT2D eigenvalue weighted by Crippen LogP contribution is 2.24. The van der Waals surface area contributed by atoms with Gasteiger partial charge in [0.05, 0.1) is 12.8 Å². The molecule has 2 aromatic rings. The van der Waals surface area contributed by atoms with Crippen LogP contribution in [0, 0.1) is 5.92 Å². The monoisotopic (exact) mass is 314 g/mol. The zero-order chi connectivity index (χ0) is 16.1. The maximum Gasteiger partial charge on any atom is 0.144 e. The van der Waals surface area contributed by atoms with Crippen LogP contribution in [0.15, 0.2) is 36.5 Å². The van der Waals surface area contributed by atoms with Crippen LogP contribution in [0.1, 0.15) is 18.5 Å². The van der Waals surface area contributed by atoms with Crippen molar-refractivity contribution in [2.45, 2.75) is 19.4 Å². The van der Waals surface area contributed by atoms with Gasteiger partial charge in [-0.05, 0) is 63.6 Å². The highest BCUT2D eigenvalue weighted by Gasteiger charge is 2.20. The second-order valence-corrected chi connectivity index (χ2v) is 6.18. The Balaban J connectivity index is 1.70. The van der Waals surface area contributed by atoms with Crippen molar-refractivity contribution in [3.63, 3.8) is 0 Å². The Labute approximate surface area is 138 Å². The third-order valence-electron chi connectivity index (χ3n) is 4.62. The van der Waals surface area contributed by atoms with Crippen molar-refractivity contribution in [1.29, 1.82) is 0 Å². The molecule has 0 aliphatic carbocycles. The Morgan fingerprint density at radius 2 is 2.00 bits per heavy atom. The normalized spacial score (nSPS) is 16.6. The number of benzene rings is 1. The summed E-state index contributed by atoms with van der Waals surface area (Å²) in [7, 11) is 3.74. The number of aromatic nitrogens is 2. The van der Waals surface area contributed by atoms with Crippen LogP contribution in [0.5, 0.6) is 5.75 Å². The van der Waals surface area contributed by atoms with Crippen LogP contribution in [0.4, 0.5) is 0 Å². The van der Waals surface area contributed by atoms with Gasteiger partial charge in [-0.15, -0.1) is 0 Å². The number of nitrogens with one attached hydrogen (secondary N) is 1. The van der Waals surface area contributed by atoms with Gasteiger partial charge in [-0.25, -0.2) is 4.68 Å². The molecule has 2 heterocycles. The minimum atomic E-state index is 0.815. The van der Waals surface area contributed by atoms with Gasteiger partial charge >= 0.3 is 0 Å². The highest BCUT2D eigenvalue weighted by atomic mass is 16.5. The maximum atomic E-state index is 5.47. The molecule has 0 spiro atoms. The molecule has 1 aromatic heterocycles. The minimum Gasteiger partial charge on any atom is -0.494 e. The Bertz CT molecular complexity index is 617. The van der Waals surface area contributed by atoms with Gasteiger partial charge in [0.1, 0.15) is 11.4 Å². The Morgan fingerprint density at radius 3 is 2.74 bits per heavy atom. The molecule has 124 valence electrons. The molecule has 23 heavy (non-hydrogen) atoms. The van der Waals surface area contributed by atoms with Crippen molar-refractivity contribution in [2.24, 2.45) is 5.92 Å². The number of likely N-dealkylation sites (tertiary alicyclic amines) is 1. The molecule has 1 aliphatic heterocycles. The fourth-order valence-corrected chi connectivity index (χ4v) is 3.34. The summed E-state index contributed by atoms with van der Waals surface area (Å²) in [5, 5.41) is 7.80. The van der Waals surface area contributed by atoms with Crippen molar-refractivity contribution >= 4 is 0 Å². The summed E-state index contributed by atoms with van der Waals surface area (Å²) in [4.78, 5) is 2.52. The lowest BCUT2D eigenvalue weighted by atomic mass is 9.97. The smallest absolute Gasteiger partial charge is 0.144 e. The van der Waals surface area contributed by atoms with Gasteiger partial charge in [0, 0.05) is 12.7 Å². The summed E-state index contributed by atoms with van der Waals surface area (Å²) in [6.45, 7) is 4.38. The lowest BCUT2D eigenvalue weighted by molar-refractivity contribution is 0.174. The van der Waals surface area contributed by atoms with Crippen molar-refractivity contribution in [2.75, 3.05) is 33.8 Å². The number of hydrogen-bond donors (Lipinski definition) is 1. The van der Waals surface area contributed by atoms with Crippen molar-refractivity contribution < 1.29 is 4.74 Å². The van der Waals surface area contributed by atoms with E-state index in [2.05, 4.69) is 27.4 Å². The molecular formula is C18H26N4O. The number of hydrogen-bond acceptors (Lipinski definition) is 4. The van der Waals surface area contributed by atoms with Crippen LogP contribution < -0.4 is 10.1 Å². The highest BCUT2D eigenvalue weighted by molar-refractivity contribution is 5.46. The number of para-hydroxylation sites is 2. The van der Waals surface area contributed by atoms with E-state index in [1.807, 2.05) is 36.1 Å². The van der Waals surface area contributed by atoms with Gasteiger partial charge in [-0.3, -0.25) is 4.90 Å². The van der Waals surface area contributed by atoms with Crippen molar-refractivity contribution in [1.82, 2.24) is 20.0 Å². The molecule has 3 rings (SSSR count). The van der Waals surface area contributed by atoms with Gasteiger partial charge in [-0.2, -0.15) is 5.10 Å². The Hall–Kier alpha value is -1.85. The van der Waals surface area contributed by atoms with E-state index < -0.39 is 0 Å². The predicted octanol–water partition coefficient (Wildman–Crippen LogP) is 2.31. The molecule has 0 radical (unpaired) electrons. The van der Waals surface area contributed by atoms with Crippen LogP contribution in [0.2, 0.25) is 0 Å². The van der Waals surface area contributed by atoms with E-state index >= 15 is 0 Å². The molecule has 0 bridgehead atoms. The SMILES string of the molecule is CNCC1CCN(Cc2ccnn2-c2ccccc2OC)CC1. The molecule has 0 amide bonds. The summed E-state index contributed by atoms with van der Waals surface area (Å²) in [5.41, 5.74) is 2.21. The molecule has 0 atom stereocenters. The summed E-state index contributed by atoms with van der Waals surface area (Å²) < 4.78 is 7.47. The van der Waals surface area contributed by atoms with Crippen LogP contribution in [-0.2, 0) is 6.54 Å². The lowest BCUT2D eigenvalue weighted by Crippen LogP contribution is -2.36. The van der Waals surface area contributed by atoms with Gasteiger partial charge in [-0.1, -0.05) is 12.1 Å². The van der Waals surface area contributed by atoms with Gasteiger partial charge < -0.3 is 10.1 Å². The largest absolute Gasteiger partial charge is 0.494 e. The second-order valence-electron chi connectivity index (χ2n) is 6.18. The van der Waals surface area contributed by atoms with E-state index in [-0.39, 0.29) is 0 Å². The molecule has 5 nitrogen and oxygen atoms in total. The Kier molecular flexibility index (Phi) is 5.31. The first kappa shape index (κ1) is 16.0. The van der Waals surface area contributed by atoms with E-state index in [0.717, 1.165) is 43.5 Å². The minimum absolute atomic E-state index is 0.815. The Morgan fingerprint density at radius 1 is 1.22 bits per heavy atom. The van der Waals surface area contributed by atoms with Crippen molar-refractivity contribution in [3.8, 4) is 11.4 Å². The van der Waals surface area contributed by atoms with Gasteiger partial charge in [0.2, 0.25) is 0 Å². The van der Waals surface area contributed by atoms with Crippen molar-refractivity contribution in [3.05, 3.63) is 42.2 Å². The average Bonchev–Trinajstić information content (AvgIpc) is 3.05. The molecular weight excluding hydrogens is 288 g/mol. The number of methoxy groups -OCH3 is 1. The quantitative estimate of drug-likeness (QED) is 0.888. The maximum absolute atomic E-state index is 5.47. The van der Waals surface area contributed by atoms with E-state index in [1.54, 1.807) is 7.11 Å². The fourth-order valence-electron chi connectivity index (χ4n) is 3.34. The third-order valence-corrected chi connectivity index (χ3v) is 4.62. The molecule has 1 saturated heterocycles. The van der Waals surface area contributed by atoms with Gasteiger partial charge in [0.15, 0.2) is 0 Å². The molecule has 0 saturated carbocycles. The number of piperidine rings is 1. The number of nitrogens with zero attached hydrogens (tertiary/aromatic N) is 3. The number of ether oxygens (including phenoxy) is 1. The first-order chi connectivity index (χ1) is 11.3. The molecule has 1 aliphatic rings. The number of rotatable bonds is 6. The van der Waals surface area contributed by atoms with E-state index in [0.29, 0.717) is 0 Å². The molecule has 1 fully saturated rings. The predicted molar refractivity (Wildman–Crippen MR) is 92.0 cm³/mol. The van der Waals surface area contributed by atoms with Crippen LogP contribution in [-0.4, -0.2) is 48.5 Å². The van der Waals surface area contributed by atoms with E-state index in [9.17, 15) is 0 Å². The average molecular weight is 314 g/mol. The molecule has 1 N–H and O–H groups in total. The topological polar surface area (TPSA) is 42.3 Å². The standard InChI is InChI=1S/C18H26N4O/c1-19-13-15-8-11-21(12-9-15)14-16-7-10-20-22(16)17-5-3-4-6-18(17)23-2/h3-7,10,15,19H,8-9,11-14H2,1-2H3. The molecule has 0 unspecified atom stereocenters. The van der Waals surface area contributed by atoms with Gasteiger partial charge in [0.25, 0.3) is 0 Å². The van der Waals surface area contributed by atoms with Crippen LogP contribution >= 0.6 is 0 Å².